The van der Waals surface area contributed by atoms with Crippen molar-refractivity contribution in [2.45, 2.75) is 26.3 Å². The van der Waals surface area contributed by atoms with Crippen molar-refractivity contribution in [2.24, 2.45) is 5.92 Å². The van der Waals surface area contributed by atoms with Crippen LogP contribution >= 0.6 is 0 Å². The Kier molecular flexibility index (Phi) is 9.28. The summed E-state index contributed by atoms with van der Waals surface area (Å²) in [5, 5.41) is 6.99. The first-order valence-electron chi connectivity index (χ1n) is 8.52. The van der Waals surface area contributed by atoms with E-state index in [1.54, 1.807) is 13.8 Å². The highest BCUT2D eigenvalue weighted by Crippen LogP contribution is 2.06. The number of benzene rings is 1. The highest BCUT2D eigenvalue weighted by atomic mass is 16.5. The number of rotatable bonds is 9. The van der Waals surface area contributed by atoms with Gasteiger partial charge < -0.3 is 15.4 Å². The number of esters is 1. The molecule has 1 aromatic rings. The van der Waals surface area contributed by atoms with Crippen LogP contribution in [0.5, 0.6) is 0 Å². The van der Waals surface area contributed by atoms with Gasteiger partial charge in [-0.3, -0.25) is 14.9 Å². The van der Waals surface area contributed by atoms with Gasteiger partial charge in [0.1, 0.15) is 6.04 Å². The highest BCUT2D eigenvalue weighted by Gasteiger charge is 2.26. The minimum atomic E-state index is -0.899. The van der Waals surface area contributed by atoms with E-state index in [0.717, 1.165) is 5.56 Å². The van der Waals surface area contributed by atoms with Gasteiger partial charge in [0.05, 0.1) is 6.42 Å². The quantitative estimate of drug-likeness (QED) is 0.439. The Labute approximate surface area is 158 Å². The molecule has 27 heavy (non-hydrogen) atoms. The zero-order chi connectivity index (χ0) is 20.2. The summed E-state index contributed by atoms with van der Waals surface area (Å²) in [6, 6.07) is 7.49. The minimum Gasteiger partial charge on any atom is -0.454 e. The zero-order valence-electron chi connectivity index (χ0n) is 15.5. The van der Waals surface area contributed by atoms with Gasteiger partial charge in [0.2, 0.25) is 5.91 Å². The van der Waals surface area contributed by atoms with Crippen molar-refractivity contribution < 1.29 is 23.9 Å². The molecule has 0 unspecified atom stereocenters. The molecule has 0 saturated carbocycles. The van der Waals surface area contributed by atoms with E-state index >= 15 is 0 Å². The minimum absolute atomic E-state index is 0.126. The van der Waals surface area contributed by atoms with Gasteiger partial charge >= 0.3 is 12.0 Å². The van der Waals surface area contributed by atoms with Crippen LogP contribution in [0.25, 0.3) is 0 Å². The molecule has 0 aliphatic heterocycles. The lowest BCUT2D eigenvalue weighted by molar-refractivity contribution is -0.152. The number of hydrogen-bond acceptors (Lipinski definition) is 5. The Hall–Kier alpha value is -3.16. The summed E-state index contributed by atoms with van der Waals surface area (Å²) >= 11 is 0. The first kappa shape index (κ1) is 21.9. The Morgan fingerprint density at radius 3 is 2.37 bits per heavy atom. The Balaban J connectivity index is 2.50. The lowest BCUT2D eigenvalue weighted by Crippen LogP contribution is -2.47. The largest absolute Gasteiger partial charge is 0.454 e. The molecule has 0 spiro atoms. The predicted octanol–water partition coefficient (Wildman–Crippen LogP) is 0.925. The molecule has 4 amide bonds. The third-order valence-corrected chi connectivity index (χ3v) is 3.45. The van der Waals surface area contributed by atoms with E-state index in [1.165, 1.54) is 6.08 Å². The molecule has 8 nitrogen and oxygen atoms in total. The molecule has 0 aliphatic carbocycles. The molecule has 0 radical (unpaired) electrons. The fourth-order valence-electron chi connectivity index (χ4n) is 2.10. The average molecular weight is 375 g/mol. The number of nitrogens with one attached hydrogen (secondary N) is 3. The standard InChI is InChI=1S/C19H25N3O5/c1-4-10-20-19(26)22-16(24)12-27-18(25)17(13(2)3)21-15(23)11-14-8-6-5-7-9-14/h4-9,13,17H,1,10-12H2,2-3H3,(H,21,23)(H2,20,22,24,26)/t17-/m0/s1. The van der Waals surface area contributed by atoms with Crippen LogP contribution in [-0.2, 0) is 25.5 Å². The molecule has 1 rings (SSSR count). The third-order valence-electron chi connectivity index (χ3n) is 3.45. The molecule has 3 N–H and O–H groups in total. The summed E-state index contributed by atoms with van der Waals surface area (Å²) in [7, 11) is 0. The molecule has 1 atom stereocenters. The Morgan fingerprint density at radius 2 is 1.78 bits per heavy atom. The average Bonchev–Trinajstić information content (AvgIpc) is 2.63. The van der Waals surface area contributed by atoms with Crippen molar-refractivity contribution in [3.63, 3.8) is 0 Å². The molecule has 0 bridgehead atoms. The van der Waals surface area contributed by atoms with Gasteiger partial charge in [-0.2, -0.15) is 0 Å². The monoisotopic (exact) mass is 375 g/mol. The van der Waals surface area contributed by atoms with Crippen LogP contribution in [-0.4, -0.2) is 43.0 Å². The maximum atomic E-state index is 12.2. The van der Waals surface area contributed by atoms with Crippen molar-refractivity contribution in [2.75, 3.05) is 13.2 Å². The van der Waals surface area contributed by atoms with Crippen LogP contribution in [0.4, 0.5) is 4.79 Å². The maximum absolute atomic E-state index is 12.2. The van der Waals surface area contributed by atoms with E-state index in [9.17, 15) is 19.2 Å². The van der Waals surface area contributed by atoms with Gasteiger partial charge in [-0.1, -0.05) is 50.3 Å². The third kappa shape index (κ3) is 8.66. The van der Waals surface area contributed by atoms with E-state index in [2.05, 4.69) is 17.2 Å². The summed E-state index contributed by atoms with van der Waals surface area (Å²) < 4.78 is 4.92. The van der Waals surface area contributed by atoms with E-state index in [-0.39, 0.29) is 24.8 Å². The highest BCUT2D eigenvalue weighted by molar-refractivity contribution is 5.96. The van der Waals surface area contributed by atoms with Crippen LogP contribution in [0.15, 0.2) is 43.0 Å². The van der Waals surface area contributed by atoms with E-state index in [1.807, 2.05) is 35.6 Å². The number of carbonyl (C=O) groups excluding carboxylic acids is 4. The maximum Gasteiger partial charge on any atom is 0.329 e. The second kappa shape index (κ2) is 11.5. The number of hydrogen-bond donors (Lipinski definition) is 3. The number of carbonyl (C=O) groups is 4. The molecule has 0 aromatic heterocycles. The molecule has 0 aliphatic rings. The number of amides is 4. The molecule has 146 valence electrons. The van der Waals surface area contributed by atoms with E-state index in [4.69, 9.17) is 4.74 Å². The predicted molar refractivity (Wildman–Crippen MR) is 99.6 cm³/mol. The number of ether oxygens (including phenoxy) is 1. The number of urea groups is 1. The van der Waals surface area contributed by atoms with Crippen LogP contribution in [0, 0.1) is 5.92 Å². The first-order chi connectivity index (χ1) is 12.8. The smallest absolute Gasteiger partial charge is 0.329 e. The SMILES string of the molecule is C=CCNC(=O)NC(=O)COC(=O)[C@@H](NC(=O)Cc1ccccc1)C(C)C. The number of imide groups is 1. The van der Waals surface area contributed by atoms with Crippen molar-refractivity contribution in [1.29, 1.82) is 0 Å². The summed E-state index contributed by atoms with van der Waals surface area (Å²) in [5.41, 5.74) is 0.816. The van der Waals surface area contributed by atoms with Crippen LogP contribution < -0.4 is 16.0 Å². The lowest BCUT2D eigenvalue weighted by atomic mass is 10.0. The van der Waals surface area contributed by atoms with Gasteiger partial charge in [-0.15, -0.1) is 6.58 Å². The second-order valence-corrected chi connectivity index (χ2v) is 6.11. The Morgan fingerprint density at radius 1 is 1.11 bits per heavy atom. The van der Waals surface area contributed by atoms with Crippen molar-refractivity contribution in [3.8, 4) is 0 Å². The van der Waals surface area contributed by atoms with Gasteiger partial charge in [-0.05, 0) is 11.5 Å². The molecule has 8 heteroatoms. The first-order valence-corrected chi connectivity index (χ1v) is 8.52. The van der Waals surface area contributed by atoms with Gasteiger partial charge in [0.15, 0.2) is 6.61 Å². The molecule has 0 saturated heterocycles. The van der Waals surface area contributed by atoms with Crippen molar-refractivity contribution in [3.05, 3.63) is 48.6 Å². The van der Waals surface area contributed by atoms with Gasteiger partial charge in [-0.25, -0.2) is 9.59 Å². The fraction of sp³-hybridized carbons (Fsp3) is 0.368. The van der Waals surface area contributed by atoms with Crippen LogP contribution in [0.3, 0.4) is 0 Å². The van der Waals surface area contributed by atoms with Crippen molar-refractivity contribution >= 4 is 23.8 Å². The topological polar surface area (TPSA) is 114 Å². The normalized spacial score (nSPS) is 11.2. The van der Waals surface area contributed by atoms with Crippen molar-refractivity contribution in [1.82, 2.24) is 16.0 Å². The summed E-state index contributed by atoms with van der Waals surface area (Å²) in [4.78, 5) is 47.3. The molecular weight excluding hydrogens is 350 g/mol. The lowest BCUT2D eigenvalue weighted by Gasteiger charge is -2.20. The molecule has 0 heterocycles. The van der Waals surface area contributed by atoms with Crippen LogP contribution in [0.1, 0.15) is 19.4 Å². The van der Waals surface area contributed by atoms with Gasteiger partial charge in [0.25, 0.3) is 5.91 Å². The molecular formula is C19H25N3O5. The molecule has 1 aromatic carbocycles. The Bertz CT molecular complexity index is 673. The van der Waals surface area contributed by atoms with Gasteiger partial charge in [0, 0.05) is 6.54 Å². The molecule has 0 fully saturated rings. The van der Waals surface area contributed by atoms with E-state index < -0.39 is 30.6 Å². The second-order valence-electron chi connectivity index (χ2n) is 6.11. The summed E-state index contributed by atoms with van der Waals surface area (Å²) in [6.45, 7) is 6.49. The van der Waals surface area contributed by atoms with Crippen LogP contribution in [0.2, 0.25) is 0 Å². The zero-order valence-corrected chi connectivity index (χ0v) is 15.5. The summed E-state index contributed by atoms with van der Waals surface area (Å²) in [5.74, 6) is -2.09. The van der Waals surface area contributed by atoms with E-state index in [0.29, 0.717) is 0 Å². The fourth-order valence-corrected chi connectivity index (χ4v) is 2.10. The summed E-state index contributed by atoms with van der Waals surface area (Å²) in [6.07, 6.45) is 1.58.